The largest absolute Gasteiger partial charge is 0.350 e. The average molecular weight is 415 g/mol. The number of rotatable bonds is 7. The number of nitrogens with zero attached hydrogens (tertiary/aromatic N) is 4. The molecule has 0 radical (unpaired) electrons. The molecule has 0 aliphatic heterocycles. The first-order chi connectivity index (χ1) is 15.1. The van der Waals surface area contributed by atoms with Crippen LogP contribution >= 0.6 is 0 Å². The van der Waals surface area contributed by atoms with E-state index in [1.54, 1.807) is 10.9 Å². The predicted molar refractivity (Wildman–Crippen MR) is 116 cm³/mol. The van der Waals surface area contributed by atoms with E-state index in [9.17, 15) is 14.4 Å². The smallest absolute Gasteiger partial charge is 0.331 e. The maximum Gasteiger partial charge on any atom is 0.331 e. The predicted octanol–water partition coefficient (Wildman–Crippen LogP) is 1.56. The molecule has 156 valence electrons. The second-order valence-electron chi connectivity index (χ2n) is 7.03. The maximum absolute atomic E-state index is 12.7. The van der Waals surface area contributed by atoms with Crippen molar-refractivity contribution in [3.8, 4) is 5.69 Å². The normalized spacial score (nSPS) is 10.7. The van der Waals surface area contributed by atoms with Gasteiger partial charge in [-0.15, -0.1) is 0 Å². The Morgan fingerprint density at radius 1 is 0.871 bits per heavy atom. The van der Waals surface area contributed by atoms with Gasteiger partial charge in [0.1, 0.15) is 6.54 Å². The van der Waals surface area contributed by atoms with Gasteiger partial charge in [-0.25, -0.2) is 9.48 Å². The summed E-state index contributed by atoms with van der Waals surface area (Å²) in [6.45, 7) is 0.279. The van der Waals surface area contributed by atoms with Crippen molar-refractivity contribution in [1.29, 1.82) is 0 Å². The fourth-order valence-electron chi connectivity index (χ4n) is 3.19. The molecular weight excluding hydrogens is 394 g/mol. The molecule has 0 atom stereocenters. The molecule has 2 aromatic heterocycles. The van der Waals surface area contributed by atoms with Crippen molar-refractivity contribution < 1.29 is 4.79 Å². The Bertz CT molecular complexity index is 1270. The van der Waals surface area contributed by atoms with Crippen LogP contribution in [0.1, 0.15) is 11.1 Å². The molecular formula is C23H21N5O3. The highest BCUT2D eigenvalue weighted by Crippen LogP contribution is 2.08. The van der Waals surface area contributed by atoms with Crippen molar-refractivity contribution in [3.63, 3.8) is 0 Å². The third-order valence-corrected chi connectivity index (χ3v) is 4.83. The van der Waals surface area contributed by atoms with Gasteiger partial charge in [-0.2, -0.15) is 5.10 Å². The molecule has 0 aliphatic carbocycles. The molecule has 4 rings (SSSR count). The molecule has 31 heavy (non-hydrogen) atoms. The molecule has 1 amide bonds. The van der Waals surface area contributed by atoms with Crippen LogP contribution in [0.15, 0.2) is 94.9 Å². The van der Waals surface area contributed by atoms with Crippen LogP contribution in [0.25, 0.3) is 5.69 Å². The van der Waals surface area contributed by atoms with E-state index in [1.807, 2.05) is 66.9 Å². The Labute approximate surface area is 178 Å². The van der Waals surface area contributed by atoms with Crippen LogP contribution in [0, 0.1) is 0 Å². The number of aromatic nitrogens is 4. The van der Waals surface area contributed by atoms with E-state index in [2.05, 4.69) is 10.4 Å². The minimum atomic E-state index is -0.518. The summed E-state index contributed by atoms with van der Waals surface area (Å²) >= 11 is 0. The second kappa shape index (κ2) is 9.08. The van der Waals surface area contributed by atoms with Gasteiger partial charge in [0.05, 0.1) is 12.2 Å². The molecule has 2 heterocycles. The van der Waals surface area contributed by atoms with E-state index in [0.717, 1.165) is 21.4 Å². The third-order valence-electron chi connectivity index (χ3n) is 4.83. The first-order valence-corrected chi connectivity index (χ1v) is 9.80. The van der Waals surface area contributed by atoms with Crippen LogP contribution in [0.5, 0.6) is 0 Å². The van der Waals surface area contributed by atoms with Crippen LogP contribution in [0.2, 0.25) is 0 Å². The zero-order chi connectivity index (χ0) is 21.6. The molecule has 8 nitrogen and oxygen atoms in total. The van der Waals surface area contributed by atoms with Gasteiger partial charge in [-0.3, -0.25) is 18.7 Å². The first-order valence-electron chi connectivity index (χ1n) is 9.80. The van der Waals surface area contributed by atoms with Gasteiger partial charge in [-0.05, 0) is 29.3 Å². The lowest BCUT2D eigenvalue weighted by Gasteiger charge is -2.11. The van der Waals surface area contributed by atoms with Crippen LogP contribution < -0.4 is 16.6 Å². The summed E-state index contributed by atoms with van der Waals surface area (Å²) in [5.41, 5.74) is 1.71. The van der Waals surface area contributed by atoms with E-state index in [4.69, 9.17) is 0 Å². The molecule has 0 saturated carbocycles. The van der Waals surface area contributed by atoms with Gasteiger partial charge < -0.3 is 5.32 Å². The van der Waals surface area contributed by atoms with E-state index >= 15 is 0 Å². The summed E-state index contributed by atoms with van der Waals surface area (Å²) in [6, 6.07) is 20.2. The van der Waals surface area contributed by atoms with Gasteiger partial charge in [-0.1, -0.05) is 42.5 Å². The van der Waals surface area contributed by atoms with Gasteiger partial charge in [0.2, 0.25) is 5.91 Å². The van der Waals surface area contributed by atoms with Crippen molar-refractivity contribution in [2.24, 2.45) is 0 Å². The summed E-state index contributed by atoms with van der Waals surface area (Å²) in [5.74, 6) is -0.409. The van der Waals surface area contributed by atoms with E-state index < -0.39 is 17.2 Å². The first kappa shape index (κ1) is 20.1. The topological polar surface area (TPSA) is 90.9 Å². The number of nitrogens with one attached hydrogen (secondary N) is 1. The zero-order valence-corrected chi connectivity index (χ0v) is 16.7. The van der Waals surface area contributed by atoms with Crippen molar-refractivity contribution in [2.75, 3.05) is 0 Å². The Balaban J connectivity index is 1.41. The molecule has 0 bridgehead atoms. The highest BCUT2D eigenvalue weighted by molar-refractivity contribution is 5.75. The molecule has 4 aromatic rings. The summed E-state index contributed by atoms with van der Waals surface area (Å²) in [7, 11) is 0. The monoisotopic (exact) mass is 415 g/mol. The minimum Gasteiger partial charge on any atom is -0.350 e. The average Bonchev–Trinajstić information content (AvgIpc) is 3.33. The summed E-state index contributed by atoms with van der Waals surface area (Å²) in [5, 5.41) is 6.93. The van der Waals surface area contributed by atoms with Gasteiger partial charge in [0.15, 0.2) is 0 Å². The Morgan fingerprint density at radius 3 is 2.35 bits per heavy atom. The highest BCUT2D eigenvalue weighted by Gasteiger charge is 2.10. The SMILES string of the molecule is O=C(Cn1c(=O)ccn(Cc2ccccc2)c1=O)NCc1ccc(-n2cccn2)cc1. The Morgan fingerprint density at radius 2 is 1.65 bits per heavy atom. The van der Waals surface area contributed by atoms with E-state index in [1.165, 1.54) is 16.8 Å². The number of hydrogen-bond donors (Lipinski definition) is 1. The lowest BCUT2D eigenvalue weighted by atomic mass is 10.2. The molecule has 0 unspecified atom stereocenters. The van der Waals surface area contributed by atoms with Crippen LogP contribution in [0.3, 0.4) is 0 Å². The summed E-state index contributed by atoms with van der Waals surface area (Å²) in [4.78, 5) is 37.2. The number of hydrogen-bond acceptors (Lipinski definition) is 4. The van der Waals surface area contributed by atoms with E-state index in [-0.39, 0.29) is 13.1 Å². The van der Waals surface area contributed by atoms with Gasteiger partial charge in [0, 0.05) is 31.2 Å². The quantitative estimate of drug-likeness (QED) is 0.496. The van der Waals surface area contributed by atoms with Crippen LogP contribution in [-0.4, -0.2) is 24.8 Å². The molecule has 0 saturated heterocycles. The minimum absolute atomic E-state index is 0.290. The van der Waals surface area contributed by atoms with Crippen molar-refractivity contribution in [3.05, 3.63) is 117 Å². The molecule has 1 N–H and O–H groups in total. The van der Waals surface area contributed by atoms with Crippen molar-refractivity contribution in [2.45, 2.75) is 19.6 Å². The fraction of sp³-hybridized carbons (Fsp3) is 0.130. The van der Waals surface area contributed by atoms with Gasteiger partial charge in [0.25, 0.3) is 5.56 Å². The Hall–Kier alpha value is -4.20. The van der Waals surface area contributed by atoms with Crippen molar-refractivity contribution >= 4 is 5.91 Å². The lowest BCUT2D eigenvalue weighted by molar-refractivity contribution is -0.121. The van der Waals surface area contributed by atoms with Crippen molar-refractivity contribution in [1.82, 2.24) is 24.2 Å². The number of carbonyl (C=O) groups is 1. The maximum atomic E-state index is 12.7. The van der Waals surface area contributed by atoms with Gasteiger partial charge >= 0.3 is 5.69 Å². The number of benzene rings is 2. The number of amides is 1. The fourth-order valence-corrected chi connectivity index (χ4v) is 3.19. The van der Waals surface area contributed by atoms with E-state index in [0.29, 0.717) is 6.54 Å². The lowest BCUT2D eigenvalue weighted by Crippen LogP contribution is -2.43. The molecule has 2 aromatic carbocycles. The number of carbonyl (C=O) groups excluding carboxylic acids is 1. The Kier molecular flexibility index (Phi) is 5.89. The third kappa shape index (κ3) is 4.87. The molecule has 0 spiro atoms. The molecule has 8 heteroatoms. The van der Waals surface area contributed by atoms with Crippen LogP contribution in [-0.2, 0) is 24.4 Å². The molecule has 0 fully saturated rings. The highest BCUT2D eigenvalue weighted by atomic mass is 16.2. The van der Waals surface area contributed by atoms with Crippen LogP contribution in [0.4, 0.5) is 0 Å². The summed E-state index contributed by atoms with van der Waals surface area (Å²) in [6.07, 6.45) is 5.00. The molecule has 0 aliphatic rings. The zero-order valence-electron chi connectivity index (χ0n) is 16.7. The second-order valence-corrected chi connectivity index (χ2v) is 7.03. The summed E-state index contributed by atoms with van der Waals surface area (Å²) < 4.78 is 4.10. The standard InChI is InChI=1S/C23H21N5O3/c29-21(24-15-18-7-9-20(10-8-18)28-13-4-12-25-28)17-27-22(30)11-14-26(23(27)31)16-19-5-2-1-3-6-19/h1-14H,15-17H2,(H,24,29).